The molecule has 1 aromatic carbocycles. The molecule has 1 aliphatic rings. The van der Waals surface area contributed by atoms with Crippen LogP contribution in [-0.4, -0.2) is 33.9 Å². The van der Waals surface area contributed by atoms with Gasteiger partial charge in [0.25, 0.3) is 5.91 Å². The minimum Gasteiger partial charge on any atom is -0.486 e. The standard InChI is InChI=1S/C19H20N4O3/c1-11(2)23-18-15(10-20-23)14(8-12(3)21-18)19(24)22-13-4-5-16-17(9-13)26-7-6-25-16/h4-5,8-11H,6-7H2,1-3H3,(H,22,24). The Labute approximate surface area is 150 Å². The number of anilines is 1. The Bertz CT molecular complexity index is 994. The normalized spacial score (nSPS) is 13.2. The summed E-state index contributed by atoms with van der Waals surface area (Å²) in [6.45, 7) is 6.98. The number of amides is 1. The van der Waals surface area contributed by atoms with Crippen molar-refractivity contribution in [1.29, 1.82) is 0 Å². The van der Waals surface area contributed by atoms with Crippen molar-refractivity contribution in [3.8, 4) is 11.5 Å². The molecular formula is C19H20N4O3. The molecule has 3 aromatic rings. The highest BCUT2D eigenvalue weighted by atomic mass is 16.6. The largest absolute Gasteiger partial charge is 0.486 e. The smallest absolute Gasteiger partial charge is 0.256 e. The second-order valence-corrected chi connectivity index (χ2v) is 6.54. The fraction of sp³-hybridized carbons (Fsp3) is 0.316. The van der Waals surface area contributed by atoms with Gasteiger partial charge in [-0.25, -0.2) is 9.67 Å². The number of fused-ring (bicyclic) bond motifs is 2. The third-order valence-electron chi connectivity index (χ3n) is 4.23. The van der Waals surface area contributed by atoms with Crippen LogP contribution in [-0.2, 0) is 0 Å². The maximum atomic E-state index is 12.9. The molecule has 0 saturated heterocycles. The summed E-state index contributed by atoms with van der Waals surface area (Å²) < 4.78 is 12.9. The summed E-state index contributed by atoms with van der Waals surface area (Å²) in [5.41, 5.74) is 2.69. The summed E-state index contributed by atoms with van der Waals surface area (Å²) in [7, 11) is 0. The number of carbonyl (C=O) groups excluding carboxylic acids is 1. The summed E-state index contributed by atoms with van der Waals surface area (Å²) in [6, 6.07) is 7.31. The van der Waals surface area contributed by atoms with Gasteiger partial charge in [0.15, 0.2) is 17.1 Å². The van der Waals surface area contributed by atoms with Gasteiger partial charge in [0, 0.05) is 23.5 Å². The van der Waals surface area contributed by atoms with E-state index in [9.17, 15) is 4.79 Å². The number of aromatic nitrogens is 3. The zero-order chi connectivity index (χ0) is 18.3. The van der Waals surface area contributed by atoms with Crippen molar-refractivity contribution in [3.63, 3.8) is 0 Å². The molecule has 2 aromatic heterocycles. The van der Waals surface area contributed by atoms with E-state index in [0.717, 1.165) is 11.1 Å². The van der Waals surface area contributed by atoms with Crippen LogP contribution in [0.3, 0.4) is 0 Å². The summed E-state index contributed by atoms with van der Waals surface area (Å²) in [5, 5.41) is 8.04. The van der Waals surface area contributed by atoms with Gasteiger partial charge in [0.2, 0.25) is 0 Å². The topological polar surface area (TPSA) is 78.3 Å². The van der Waals surface area contributed by atoms with Crippen LogP contribution in [0.4, 0.5) is 5.69 Å². The molecule has 0 unspecified atom stereocenters. The molecule has 3 heterocycles. The molecule has 134 valence electrons. The van der Waals surface area contributed by atoms with Gasteiger partial charge in [0.1, 0.15) is 13.2 Å². The van der Waals surface area contributed by atoms with Crippen LogP contribution in [0.25, 0.3) is 11.0 Å². The van der Waals surface area contributed by atoms with E-state index in [1.807, 2.05) is 25.5 Å². The molecule has 7 nitrogen and oxygen atoms in total. The molecule has 0 radical (unpaired) electrons. The first-order valence-corrected chi connectivity index (χ1v) is 8.59. The monoisotopic (exact) mass is 352 g/mol. The van der Waals surface area contributed by atoms with Crippen LogP contribution in [0.15, 0.2) is 30.5 Å². The number of rotatable bonds is 3. The molecular weight excluding hydrogens is 332 g/mol. The summed E-state index contributed by atoms with van der Waals surface area (Å²) in [5.74, 6) is 1.12. The predicted molar refractivity (Wildman–Crippen MR) is 98.0 cm³/mol. The molecule has 1 aliphatic heterocycles. The van der Waals surface area contributed by atoms with Crippen LogP contribution >= 0.6 is 0 Å². The van der Waals surface area contributed by atoms with Gasteiger partial charge in [-0.1, -0.05) is 0 Å². The maximum absolute atomic E-state index is 12.9. The Morgan fingerprint density at radius 1 is 1.19 bits per heavy atom. The second-order valence-electron chi connectivity index (χ2n) is 6.54. The Morgan fingerprint density at radius 2 is 1.96 bits per heavy atom. The minimum absolute atomic E-state index is 0.163. The summed E-state index contributed by atoms with van der Waals surface area (Å²) >= 11 is 0. The molecule has 0 bridgehead atoms. The highest BCUT2D eigenvalue weighted by Gasteiger charge is 2.18. The van der Waals surface area contributed by atoms with E-state index in [-0.39, 0.29) is 11.9 Å². The van der Waals surface area contributed by atoms with Gasteiger partial charge < -0.3 is 14.8 Å². The first-order valence-electron chi connectivity index (χ1n) is 8.59. The van der Waals surface area contributed by atoms with Crippen molar-refractivity contribution in [3.05, 3.63) is 41.7 Å². The Balaban J connectivity index is 1.68. The predicted octanol–water partition coefficient (Wildman–Crippen LogP) is 3.34. The fourth-order valence-corrected chi connectivity index (χ4v) is 3.03. The number of hydrogen-bond acceptors (Lipinski definition) is 5. The molecule has 4 rings (SSSR count). The fourth-order valence-electron chi connectivity index (χ4n) is 3.03. The Kier molecular flexibility index (Phi) is 3.99. The van der Waals surface area contributed by atoms with Crippen molar-refractivity contribution in [2.24, 2.45) is 0 Å². The van der Waals surface area contributed by atoms with E-state index in [2.05, 4.69) is 15.4 Å². The molecule has 0 fully saturated rings. The number of carbonyl (C=O) groups is 1. The van der Waals surface area contributed by atoms with Gasteiger partial charge in [-0.3, -0.25) is 4.79 Å². The van der Waals surface area contributed by atoms with Crippen LogP contribution in [0.5, 0.6) is 11.5 Å². The molecule has 0 aliphatic carbocycles. The molecule has 0 spiro atoms. The lowest BCUT2D eigenvalue weighted by Crippen LogP contribution is -2.16. The number of nitrogens with one attached hydrogen (secondary N) is 1. The lowest BCUT2D eigenvalue weighted by Gasteiger charge is -2.19. The number of hydrogen-bond donors (Lipinski definition) is 1. The van der Waals surface area contributed by atoms with E-state index < -0.39 is 0 Å². The van der Waals surface area contributed by atoms with Crippen LogP contribution in [0.2, 0.25) is 0 Å². The summed E-state index contributed by atoms with van der Waals surface area (Å²) in [6.07, 6.45) is 1.69. The number of nitrogens with zero attached hydrogens (tertiary/aromatic N) is 3. The number of ether oxygens (including phenoxy) is 2. The summed E-state index contributed by atoms with van der Waals surface area (Å²) in [4.78, 5) is 17.4. The molecule has 1 amide bonds. The Hall–Kier alpha value is -3.09. The lowest BCUT2D eigenvalue weighted by molar-refractivity contribution is 0.102. The molecule has 0 saturated carbocycles. The van der Waals surface area contributed by atoms with Crippen LogP contribution < -0.4 is 14.8 Å². The highest BCUT2D eigenvalue weighted by molar-refractivity contribution is 6.12. The zero-order valence-electron chi connectivity index (χ0n) is 14.9. The molecule has 0 atom stereocenters. The van der Waals surface area contributed by atoms with E-state index in [1.165, 1.54) is 0 Å². The van der Waals surface area contributed by atoms with Gasteiger partial charge in [0.05, 0.1) is 17.1 Å². The SMILES string of the molecule is Cc1cc(C(=O)Nc2ccc3c(c2)OCCO3)c2cnn(C(C)C)c2n1. The van der Waals surface area contributed by atoms with Crippen molar-refractivity contribution in [1.82, 2.24) is 14.8 Å². The van der Waals surface area contributed by atoms with E-state index in [1.54, 1.807) is 30.5 Å². The maximum Gasteiger partial charge on any atom is 0.256 e. The lowest BCUT2D eigenvalue weighted by atomic mass is 10.1. The number of benzene rings is 1. The van der Waals surface area contributed by atoms with Gasteiger partial charge in [-0.15, -0.1) is 0 Å². The first kappa shape index (κ1) is 16.4. The molecule has 26 heavy (non-hydrogen) atoms. The average Bonchev–Trinajstić information content (AvgIpc) is 3.04. The van der Waals surface area contributed by atoms with E-state index in [4.69, 9.17) is 9.47 Å². The van der Waals surface area contributed by atoms with E-state index in [0.29, 0.717) is 41.6 Å². The van der Waals surface area contributed by atoms with Crippen LogP contribution in [0, 0.1) is 6.92 Å². The van der Waals surface area contributed by atoms with Crippen molar-refractivity contribution >= 4 is 22.6 Å². The first-order chi connectivity index (χ1) is 12.5. The van der Waals surface area contributed by atoms with Crippen LogP contribution in [0.1, 0.15) is 35.9 Å². The number of aryl methyl sites for hydroxylation is 1. The Morgan fingerprint density at radius 3 is 2.73 bits per heavy atom. The zero-order valence-corrected chi connectivity index (χ0v) is 14.9. The molecule has 1 N–H and O–H groups in total. The third-order valence-corrected chi connectivity index (χ3v) is 4.23. The van der Waals surface area contributed by atoms with Crippen molar-refractivity contribution < 1.29 is 14.3 Å². The van der Waals surface area contributed by atoms with Crippen molar-refractivity contribution in [2.45, 2.75) is 26.8 Å². The molecule has 7 heteroatoms. The van der Waals surface area contributed by atoms with Crippen molar-refractivity contribution in [2.75, 3.05) is 18.5 Å². The van der Waals surface area contributed by atoms with Gasteiger partial charge in [-0.2, -0.15) is 5.10 Å². The van der Waals surface area contributed by atoms with E-state index >= 15 is 0 Å². The van der Waals surface area contributed by atoms with Gasteiger partial charge >= 0.3 is 0 Å². The van der Waals surface area contributed by atoms with Gasteiger partial charge in [-0.05, 0) is 39.0 Å². The minimum atomic E-state index is -0.208. The average molecular weight is 352 g/mol. The highest BCUT2D eigenvalue weighted by Crippen LogP contribution is 2.33. The number of pyridine rings is 1. The third kappa shape index (κ3) is 2.85. The second kappa shape index (κ2) is 6.33. The quantitative estimate of drug-likeness (QED) is 0.782.